The number of aliphatic imine (C=N–C) groups is 1. The fraction of sp³-hybridized carbons (Fsp3) is 0.281. The van der Waals surface area contributed by atoms with Crippen molar-refractivity contribution < 1.29 is 14.3 Å². The molecule has 6 nitrogen and oxygen atoms in total. The van der Waals surface area contributed by atoms with E-state index >= 15 is 0 Å². The lowest BCUT2D eigenvalue weighted by Gasteiger charge is -2.35. The van der Waals surface area contributed by atoms with Gasteiger partial charge in [-0.1, -0.05) is 62.2 Å². The minimum atomic E-state index is 0.000773. The predicted molar refractivity (Wildman–Crippen MR) is 156 cm³/mol. The van der Waals surface area contributed by atoms with E-state index in [4.69, 9.17) is 14.5 Å². The average molecular weight is 538 g/mol. The van der Waals surface area contributed by atoms with Crippen LogP contribution in [0.25, 0.3) is 6.08 Å². The van der Waals surface area contributed by atoms with Gasteiger partial charge in [0.25, 0.3) is 5.91 Å². The molecule has 0 aromatic heterocycles. The number of methoxy groups -OCH3 is 1. The van der Waals surface area contributed by atoms with Gasteiger partial charge < -0.3 is 9.47 Å². The zero-order chi connectivity index (χ0) is 27.2. The standard InChI is InChI=1S/C32H31N3O3S/c1-22-10-6-9-15-27(22)35-31(36)30(39-32(35)34-26-13-4-3-5-14-26)19-23-16-17-28(29(18-23)37-2)38-21-25-12-8-7-11-24(25)20-33/h3-5,7-8,11-14,16-19,22,27H,6,9-10,15,21H2,1-2H3/b30-19-,34-32?/t22-,27-/m1/s1. The number of hydrogen-bond acceptors (Lipinski definition) is 6. The van der Waals surface area contributed by atoms with E-state index in [0.717, 1.165) is 41.2 Å². The Morgan fingerprint density at radius 1 is 1.05 bits per heavy atom. The van der Waals surface area contributed by atoms with Gasteiger partial charge in [-0.05, 0) is 72.5 Å². The molecule has 3 aromatic carbocycles. The van der Waals surface area contributed by atoms with Crippen molar-refractivity contribution >= 4 is 34.6 Å². The number of carbonyl (C=O) groups excluding carboxylic acids is 1. The first kappa shape index (κ1) is 26.6. The van der Waals surface area contributed by atoms with Crippen molar-refractivity contribution in [2.75, 3.05) is 7.11 Å². The highest BCUT2D eigenvalue weighted by atomic mass is 32.2. The molecule has 2 atom stereocenters. The minimum absolute atomic E-state index is 0.000773. The van der Waals surface area contributed by atoms with E-state index in [1.165, 1.54) is 18.2 Å². The van der Waals surface area contributed by atoms with Gasteiger partial charge in [-0.2, -0.15) is 5.26 Å². The Balaban J connectivity index is 1.41. The summed E-state index contributed by atoms with van der Waals surface area (Å²) in [5.41, 5.74) is 3.07. The van der Waals surface area contributed by atoms with E-state index in [1.807, 2.05) is 77.7 Å². The summed E-state index contributed by atoms with van der Waals surface area (Å²) >= 11 is 1.43. The van der Waals surface area contributed by atoms with Gasteiger partial charge in [0.1, 0.15) is 6.61 Å². The normalized spacial score (nSPS) is 21.3. The van der Waals surface area contributed by atoms with Crippen LogP contribution in [0.1, 0.15) is 49.3 Å². The first-order chi connectivity index (χ1) is 19.1. The van der Waals surface area contributed by atoms with Gasteiger partial charge in [0.05, 0.1) is 29.3 Å². The van der Waals surface area contributed by atoms with Gasteiger partial charge in [0.15, 0.2) is 16.7 Å². The summed E-state index contributed by atoms with van der Waals surface area (Å²) in [6.45, 7) is 2.49. The molecule has 0 radical (unpaired) electrons. The van der Waals surface area contributed by atoms with E-state index in [-0.39, 0.29) is 18.6 Å². The van der Waals surface area contributed by atoms with Crippen LogP contribution in [0.4, 0.5) is 5.69 Å². The third kappa shape index (κ3) is 6.02. The van der Waals surface area contributed by atoms with Crippen molar-refractivity contribution in [3.05, 3.63) is 94.4 Å². The molecule has 1 saturated carbocycles. The summed E-state index contributed by atoms with van der Waals surface area (Å²) in [6.07, 6.45) is 6.34. The zero-order valence-corrected chi connectivity index (χ0v) is 23.0. The number of ether oxygens (including phenoxy) is 2. The maximum Gasteiger partial charge on any atom is 0.267 e. The molecule has 198 valence electrons. The topological polar surface area (TPSA) is 74.9 Å². The lowest BCUT2D eigenvalue weighted by molar-refractivity contribution is -0.124. The Labute approximate surface area is 234 Å². The molecule has 39 heavy (non-hydrogen) atoms. The van der Waals surface area contributed by atoms with Gasteiger partial charge in [-0.3, -0.25) is 9.69 Å². The molecule has 0 N–H and O–H groups in total. The van der Waals surface area contributed by atoms with Crippen molar-refractivity contribution in [3.8, 4) is 17.6 Å². The quantitative estimate of drug-likeness (QED) is 0.295. The Morgan fingerprint density at radius 3 is 2.59 bits per heavy atom. The second-order valence-electron chi connectivity index (χ2n) is 9.81. The van der Waals surface area contributed by atoms with E-state index in [1.54, 1.807) is 13.2 Å². The van der Waals surface area contributed by atoms with E-state index in [9.17, 15) is 10.1 Å². The third-order valence-electron chi connectivity index (χ3n) is 7.22. The summed E-state index contributed by atoms with van der Waals surface area (Å²) in [5, 5.41) is 10.1. The number of para-hydroxylation sites is 1. The summed E-state index contributed by atoms with van der Waals surface area (Å²) in [7, 11) is 1.59. The molecule has 1 amide bonds. The second kappa shape index (κ2) is 12.2. The lowest BCUT2D eigenvalue weighted by Crippen LogP contribution is -2.44. The highest BCUT2D eigenvalue weighted by Gasteiger charge is 2.41. The molecule has 0 unspecified atom stereocenters. The molecule has 1 heterocycles. The number of hydrogen-bond donors (Lipinski definition) is 0. The van der Waals surface area contributed by atoms with Crippen LogP contribution >= 0.6 is 11.8 Å². The predicted octanol–water partition coefficient (Wildman–Crippen LogP) is 7.33. The summed E-state index contributed by atoms with van der Waals surface area (Å²) in [5.74, 6) is 1.55. The van der Waals surface area contributed by atoms with Crippen molar-refractivity contribution in [1.29, 1.82) is 5.26 Å². The van der Waals surface area contributed by atoms with Crippen LogP contribution in [0.3, 0.4) is 0 Å². The molecular weight excluding hydrogens is 506 g/mol. The minimum Gasteiger partial charge on any atom is -0.493 e. The molecule has 2 aliphatic rings. The van der Waals surface area contributed by atoms with Crippen molar-refractivity contribution in [2.45, 2.75) is 45.3 Å². The molecular formula is C32H31N3O3S. The Morgan fingerprint density at radius 2 is 1.82 bits per heavy atom. The average Bonchev–Trinajstić information content (AvgIpc) is 3.26. The smallest absolute Gasteiger partial charge is 0.267 e. The highest BCUT2D eigenvalue weighted by Crippen LogP contribution is 2.40. The molecule has 1 aliphatic carbocycles. The molecule has 1 saturated heterocycles. The molecule has 1 aliphatic heterocycles. The number of benzene rings is 3. The van der Waals surface area contributed by atoms with Crippen molar-refractivity contribution in [2.24, 2.45) is 10.9 Å². The van der Waals surface area contributed by atoms with E-state index in [2.05, 4.69) is 13.0 Å². The first-order valence-corrected chi connectivity index (χ1v) is 14.0. The maximum atomic E-state index is 13.8. The van der Waals surface area contributed by atoms with Crippen molar-refractivity contribution in [3.63, 3.8) is 0 Å². The van der Waals surface area contributed by atoms with E-state index < -0.39 is 0 Å². The number of thioether (sulfide) groups is 1. The van der Waals surface area contributed by atoms with Crippen molar-refractivity contribution in [1.82, 2.24) is 4.90 Å². The molecule has 0 bridgehead atoms. The monoisotopic (exact) mass is 537 g/mol. The third-order valence-corrected chi connectivity index (χ3v) is 8.21. The number of amidine groups is 1. The fourth-order valence-electron chi connectivity index (χ4n) is 5.11. The van der Waals surface area contributed by atoms with Crippen LogP contribution in [-0.4, -0.2) is 29.1 Å². The van der Waals surface area contributed by atoms with Gasteiger partial charge >= 0.3 is 0 Å². The zero-order valence-electron chi connectivity index (χ0n) is 22.2. The molecule has 5 rings (SSSR count). The number of nitrogens with zero attached hydrogens (tertiary/aromatic N) is 3. The molecule has 2 fully saturated rings. The van der Waals surface area contributed by atoms with Gasteiger partial charge in [0.2, 0.25) is 0 Å². The van der Waals surface area contributed by atoms with Crippen LogP contribution in [0.2, 0.25) is 0 Å². The number of nitriles is 1. The van der Waals surface area contributed by atoms with Crippen LogP contribution in [-0.2, 0) is 11.4 Å². The fourth-order valence-corrected chi connectivity index (χ4v) is 6.15. The van der Waals surface area contributed by atoms with Crippen LogP contribution in [0.5, 0.6) is 11.5 Å². The maximum absolute atomic E-state index is 13.8. The second-order valence-corrected chi connectivity index (χ2v) is 10.8. The molecule has 0 spiro atoms. The molecule has 7 heteroatoms. The summed E-state index contributed by atoms with van der Waals surface area (Å²) in [6, 6.07) is 25.1. The van der Waals surface area contributed by atoms with Gasteiger partial charge in [-0.25, -0.2) is 4.99 Å². The number of carbonyl (C=O) groups is 1. The van der Waals surface area contributed by atoms with Crippen LogP contribution in [0.15, 0.2) is 82.7 Å². The van der Waals surface area contributed by atoms with Gasteiger partial charge in [0, 0.05) is 11.6 Å². The van der Waals surface area contributed by atoms with Crippen LogP contribution in [0, 0.1) is 17.2 Å². The highest BCUT2D eigenvalue weighted by molar-refractivity contribution is 8.18. The Bertz CT molecular complexity index is 1440. The number of rotatable bonds is 7. The molecule has 3 aromatic rings. The Hall–Kier alpha value is -4.02. The van der Waals surface area contributed by atoms with E-state index in [0.29, 0.717) is 27.9 Å². The summed E-state index contributed by atoms with van der Waals surface area (Å²) in [4.78, 5) is 21.2. The summed E-state index contributed by atoms with van der Waals surface area (Å²) < 4.78 is 11.6. The lowest BCUT2D eigenvalue weighted by atomic mass is 9.85. The number of amides is 1. The van der Waals surface area contributed by atoms with Crippen LogP contribution < -0.4 is 9.47 Å². The Kier molecular flexibility index (Phi) is 8.33. The van der Waals surface area contributed by atoms with Gasteiger partial charge in [-0.15, -0.1) is 0 Å². The first-order valence-electron chi connectivity index (χ1n) is 13.2. The SMILES string of the molecule is COc1cc(/C=C2\SC(=Nc3ccccc3)N([C@@H]3CCCC[C@H]3C)C2=O)ccc1OCc1ccccc1C#N. The largest absolute Gasteiger partial charge is 0.493 e.